The van der Waals surface area contributed by atoms with Crippen molar-refractivity contribution in [2.75, 3.05) is 20.3 Å². The van der Waals surface area contributed by atoms with E-state index >= 15 is 4.11 Å². The summed E-state index contributed by atoms with van der Waals surface area (Å²) in [5.41, 5.74) is 0.484. The molecule has 0 bridgehead atoms. The number of methoxy groups -OCH3 is 1. The van der Waals surface area contributed by atoms with Crippen molar-refractivity contribution in [3.05, 3.63) is 29.8 Å². The van der Waals surface area contributed by atoms with Crippen molar-refractivity contribution in [1.29, 1.82) is 0 Å². The third-order valence-corrected chi connectivity index (χ3v) is 8.62. The molecule has 1 amide bonds. The Morgan fingerprint density at radius 3 is 2.79 bits per heavy atom. The summed E-state index contributed by atoms with van der Waals surface area (Å²) in [6.45, 7) is 5.91. The van der Waals surface area contributed by atoms with E-state index < -0.39 is 20.1 Å². The molecule has 7 heteroatoms. The standard InChI is InChI=1S/C21H32FNO4Si/c1-14-20(26-2)16-9-5-6-10-17(16)27-21(14)18(28(3,4)22)12-19(25)23-11-7-8-15(23)13-24/h5-6,9-10,14-15,18,20-21,24H,7-8,11-13H2,1-4H3/t14-,15+,18?,20-,21-/m1/s1. The van der Waals surface area contributed by atoms with E-state index in [4.69, 9.17) is 9.47 Å². The van der Waals surface area contributed by atoms with Crippen LogP contribution in [0.5, 0.6) is 5.75 Å². The molecule has 1 aromatic rings. The van der Waals surface area contributed by atoms with Gasteiger partial charge >= 0.3 is 0 Å². The first-order chi connectivity index (χ1) is 13.3. The Kier molecular flexibility index (Phi) is 6.46. The lowest BCUT2D eigenvalue weighted by molar-refractivity contribution is -0.133. The number of aliphatic hydroxyl groups excluding tert-OH is 1. The summed E-state index contributed by atoms with van der Waals surface area (Å²) in [4.78, 5) is 14.7. The summed E-state index contributed by atoms with van der Waals surface area (Å²) in [5.74, 6) is 0.554. The first-order valence-corrected chi connectivity index (χ1v) is 13.1. The maximum absolute atomic E-state index is 15.4. The van der Waals surface area contributed by atoms with E-state index in [0.29, 0.717) is 12.3 Å². The topological polar surface area (TPSA) is 59.0 Å². The van der Waals surface area contributed by atoms with Gasteiger partial charge in [-0.2, -0.15) is 0 Å². The summed E-state index contributed by atoms with van der Waals surface area (Å²) in [5, 5.41) is 9.55. The normalized spacial score (nSPS) is 28.6. The summed E-state index contributed by atoms with van der Waals surface area (Å²) >= 11 is 0. The number of aliphatic hydroxyl groups is 1. The number of rotatable bonds is 6. The molecule has 1 fully saturated rings. The Balaban J connectivity index is 1.87. The highest BCUT2D eigenvalue weighted by Gasteiger charge is 2.49. The Morgan fingerprint density at radius 1 is 1.43 bits per heavy atom. The molecule has 3 rings (SSSR count). The Hall–Kier alpha value is -1.44. The highest BCUT2D eigenvalue weighted by atomic mass is 28.4. The van der Waals surface area contributed by atoms with Crippen molar-refractivity contribution >= 4 is 14.3 Å². The lowest BCUT2D eigenvalue weighted by Gasteiger charge is -2.43. The van der Waals surface area contributed by atoms with Crippen LogP contribution in [-0.2, 0) is 9.53 Å². The quantitative estimate of drug-likeness (QED) is 0.575. The molecule has 0 saturated carbocycles. The molecule has 0 aliphatic carbocycles. The van der Waals surface area contributed by atoms with Crippen LogP contribution in [0.3, 0.4) is 0 Å². The van der Waals surface area contributed by atoms with Gasteiger partial charge in [-0.15, -0.1) is 0 Å². The molecule has 5 atom stereocenters. The minimum atomic E-state index is -3.22. The SMILES string of the molecule is CO[C@H]1c2ccccc2O[C@@H](C(CC(=O)N2CCC[C@H]2CO)[Si](C)(C)F)[C@@H]1C. The molecule has 2 aliphatic rings. The average Bonchev–Trinajstić information content (AvgIpc) is 3.14. The molecule has 1 saturated heterocycles. The maximum atomic E-state index is 15.4. The second-order valence-electron chi connectivity index (χ2n) is 8.58. The number of carbonyl (C=O) groups is 1. The number of halogens is 1. The van der Waals surface area contributed by atoms with E-state index in [1.807, 2.05) is 31.2 Å². The Labute approximate surface area is 168 Å². The summed E-state index contributed by atoms with van der Waals surface area (Å²) in [6.07, 6.45) is 1.18. The molecule has 1 aromatic carbocycles. The van der Waals surface area contributed by atoms with Crippen LogP contribution < -0.4 is 4.74 Å². The van der Waals surface area contributed by atoms with Gasteiger partial charge in [-0.05, 0) is 32.0 Å². The van der Waals surface area contributed by atoms with Crippen LogP contribution in [0.1, 0.15) is 37.9 Å². The molecule has 28 heavy (non-hydrogen) atoms. The number of carbonyl (C=O) groups excluding carboxylic acids is 1. The number of hydrogen-bond donors (Lipinski definition) is 1. The van der Waals surface area contributed by atoms with Crippen LogP contribution in [0.2, 0.25) is 18.6 Å². The van der Waals surface area contributed by atoms with E-state index in [9.17, 15) is 9.90 Å². The number of nitrogens with zero attached hydrogens (tertiary/aromatic N) is 1. The van der Waals surface area contributed by atoms with Gasteiger partial charge in [-0.25, -0.2) is 0 Å². The van der Waals surface area contributed by atoms with E-state index in [0.717, 1.165) is 18.4 Å². The fourth-order valence-corrected chi connectivity index (χ4v) is 6.54. The number of para-hydroxylation sites is 1. The summed E-state index contributed by atoms with van der Waals surface area (Å²) in [6, 6.07) is 7.55. The van der Waals surface area contributed by atoms with Crippen LogP contribution in [0.25, 0.3) is 0 Å². The van der Waals surface area contributed by atoms with Gasteiger partial charge in [0.05, 0.1) is 18.8 Å². The first kappa shape index (κ1) is 21.3. The van der Waals surface area contributed by atoms with Crippen molar-refractivity contribution in [2.45, 2.75) is 63.1 Å². The highest BCUT2D eigenvalue weighted by molar-refractivity contribution is 6.72. The Morgan fingerprint density at radius 2 is 2.14 bits per heavy atom. The molecule has 0 radical (unpaired) electrons. The van der Waals surface area contributed by atoms with Crippen LogP contribution in [0.4, 0.5) is 4.11 Å². The number of fused-ring (bicyclic) bond motifs is 1. The molecule has 5 nitrogen and oxygen atoms in total. The second-order valence-corrected chi connectivity index (χ2v) is 12.4. The zero-order valence-corrected chi connectivity index (χ0v) is 18.2. The van der Waals surface area contributed by atoms with Crippen LogP contribution >= 0.6 is 0 Å². The number of hydrogen-bond acceptors (Lipinski definition) is 4. The highest BCUT2D eigenvalue weighted by Crippen LogP contribution is 2.47. The molecule has 0 aromatic heterocycles. The molecule has 156 valence electrons. The van der Waals surface area contributed by atoms with Crippen molar-refractivity contribution in [2.24, 2.45) is 5.92 Å². The lowest BCUT2D eigenvalue weighted by atomic mass is 9.86. The Bertz CT molecular complexity index is 695. The zero-order valence-electron chi connectivity index (χ0n) is 17.2. The predicted molar refractivity (Wildman–Crippen MR) is 109 cm³/mol. The number of benzene rings is 1. The minimum absolute atomic E-state index is 0.0394. The van der Waals surface area contributed by atoms with Crippen LogP contribution in [0.15, 0.2) is 24.3 Å². The van der Waals surface area contributed by atoms with Crippen molar-refractivity contribution in [1.82, 2.24) is 4.90 Å². The number of ether oxygens (including phenoxy) is 2. The van der Waals surface area contributed by atoms with Crippen LogP contribution in [-0.4, -0.2) is 56.7 Å². The van der Waals surface area contributed by atoms with Crippen molar-refractivity contribution in [3.63, 3.8) is 0 Å². The fraction of sp³-hybridized carbons (Fsp3) is 0.667. The third-order valence-electron chi connectivity index (χ3n) is 6.32. The smallest absolute Gasteiger partial charge is 0.248 e. The molecular formula is C21H32FNO4Si. The van der Waals surface area contributed by atoms with E-state index in [-0.39, 0.29) is 37.0 Å². The predicted octanol–water partition coefficient (Wildman–Crippen LogP) is 3.69. The maximum Gasteiger partial charge on any atom is 0.248 e. The van der Waals surface area contributed by atoms with Gasteiger partial charge in [0.15, 0.2) is 0 Å². The second kappa shape index (κ2) is 8.51. The van der Waals surface area contributed by atoms with E-state index in [1.165, 1.54) is 0 Å². The lowest BCUT2D eigenvalue weighted by Crippen LogP contribution is -2.48. The van der Waals surface area contributed by atoms with Gasteiger partial charge < -0.3 is 23.6 Å². The van der Waals surface area contributed by atoms with E-state index in [1.54, 1.807) is 25.1 Å². The average molecular weight is 410 g/mol. The monoisotopic (exact) mass is 409 g/mol. The molecule has 1 unspecified atom stereocenters. The van der Waals surface area contributed by atoms with Crippen molar-refractivity contribution in [3.8, 4) is 5.75 Å². The summed E-state index contributed by atoms with van der Waals surface area (Å²) in [7, 11) is -1.55. The van der Waals surface area contributed by atoms with Gasteiger partial charge in [0, 0.05) is 37.1 Å². The van der Waals surface area contributed by atoms with Crippen molar-refractivity contribution < 1.29 is 23.5 Å². The van der Waals surface area contributed by atoms with Gasteiger partial charge in [-0.3, -0.25) is 4.79 Å². The van der Waals surface area contributed by atoms with Gasteiger partial charge in [0.25, 0.3) is 0 Å². The molecule has 2 aliphatic heterocycles. The molecule has 0 spiro atoms. The van der Waals surface area contributed by atoms with E-state index in [2.05, 4.69) is 0 Å². The summed E-state index contributed by atoms with van der Waals surface area (Å²) < 4.78 is 27.5. The number of likely N-dealkylation sites (tertiary alicyclic amines) is 1. The largest absolute Gasteiger partial charge is 0.490 e. The number of amides is 1. The first-order valence-electron chi connectivity index (χ1n) is 10.2. The van der Waals surface area contributed by atoms with Crippen LogP contribution in [0, 0.1) is 5.92 Å². The van der Waals surface area contributed by atoms with Gasteiger partial charge in [0.1, 0.15) is 11.9 Å². The fourth-order valence-electron chi connectivity index (χ4n) is 4.73. The minimum Gasteiger partial charge on any atom is -0.490 e. The van der Waals surface area contributed by atoms with Gasteiger partial charge in [0.2, 0.25) is 14.3 Å². The third kappa shape index (κ3) is 4.11. The molecular weight excluding hydrogens is 377 g/mol. The molecule has 2 heterocycles. The zero-order chi connectivity index (χ0) is 20.5. The molecule has 1 N–H and O–H groups in total. The van der Waals surface area contributed by atoms with Gasteiger partial charge in [-0.1, -0.05) is 25.1 Å².